The van der Waals surface area contributed by atoms with Gasteiger partial charge < -0.3 is 14.3 Å². The molecule has 0 aliphatic heterocycles. The highest BCUT2D eigenvalue weighted by atomic mass is 16.5. The van der Waals surface area contributed by atoms with E-state index >= 15 is 0 Å². The number of amides is 1. The number of nitrogens with one attached hydrogen (secondary N) is 1. The second-order valence-electron chi connectivity index (χ2n) is 7.32. The SMILES string of the molecule is CCCCC/C=C/C=C(\C)C(=O)c1c(O)cc([C@H](C)CC/C=C/NC(=O)OC)oc1=O. The molecule has 0 aliphatic rings. The summed E-state index contributed by atoms with van der Waals surface area (Å²) >= 11 is 0. The van der Waals surface area contributed by atoms with E-state index in [1.54, 1.807) is 25.2 Å². The van der Waals surface area contributed by atoms with Crippen molar-refractivity contribution < 1.29 is 23.8 Å². The Hall–Kier alpha value is -3.09. The fraction of sp³-hybridized carbons (Fsp3) is 0.458. The van der Waals surface area contributed by atoms with Crippen LogP contribution >= 0.6 is 0 Å². The zero-order chi connectivity index (χ0) is 23.2. The van der Waals surface area contributed by atoms with Gasteiger partial charge in [0, 0.05) is 18.2 Å². The number of allylic oxidation sites excluding steroid dienone is 5. The number of rotatable bonds is 12. The number of Topliss-reactive ketones (excluding diaryl/α,β-unsaturated/α-hetero) is 1. The van der Waals surface area contributed by atoms with Crippen LogP contribution < -0.4 is 10.9 Å². The third-order valence-electron chi connectivity index (χ3n) is 4.75. The molecule has 7 nitrogen and oxygen atoms in total. The van der Waals surface area contributed by atoms with Crippen LogP contribution in [0.1, 0.15) is 81.3 Å². The number of carbonyl (C=O) groups excluding carboxylic acids is 2. The van der Waals surface area contributed by atoms with Crippen LogP contribution in [0.25, 0.3) is 0 Å². The lowest BCUT2D eigenvalue weighted by Gasteiger charge is -2.11. The molecule has 1 rings (SSSR count). The number of methoxy groups -OCH3 is 1. The van der Waals surface area contributed by atoms with E-state index in [9.17, 15) is 19.5 Å². The molecule has 0 saturated heterocycles. The topological polar surface area (TPSA) is 106 Å². The van der Waals surface area contributed by atoms with Gasteiger partial charge in [0.15, 0.2) is 5.78 Å². The molecule has 0 saturated carbocycles. The third kappa shape index (κ3) is 9.07. The lowest BCUT2D eigenvalue weighted by molar-refractivity contribution is 0.102. The quantitative estimate of drug-likeness (QED) is 0.200. The Morgan fingerprint density at radius 1 is 1.26 bits per heavy atom. The molecule has 31 heavy (non-hydrogen) atoms. The number of ketones is 1. The number of hydrogen-bond donors (Lipinski definition) is 2. The van der Waals surface area contributed by atoms with E-state index in [2.05, 4.69) is 17.0 Å². The second kappa shape index (κ2) is 14.0. The highest BCUT2D eigenvalue weighted by Gasteiger charge is 2.21. The molecule has 0 spiro atoms. The molecular formula is C24H33NO6. The number of ether oxygens (including phenoxy) is 1. The normalized spacial score (nSPS) is 13.0. The Kier molecular flexibility index (Phi) is 11.7. The van der Waals surface area contributed by atoms with Crippen molar-refractivity contribution in [1.29, 1.82) is 0 Å². The zero-order valence-electron chi connectivity index (χ0n) is 18.8. The van der Waals surface area contributed by atoms with Crippen molar-refractivity contribution in [2.75, 3.05) is 7.11 Å². The van der Waals surface area contributed by atoms with Gasteiger partial charge in [-0.2, -0.15) is 0 Å². The van der Waals surface area contributed by atoms with E-state index in [-0.39, 0.29) is 17.2 Å². The standard InChI is InChI=1S/C24H33NO6/c1-5-6-7-8-9-10-14-18(3)22(27)21-19(26)16-20(31-23(21)28)17(2)13-11-12-15-25-24(29)30-4/h9-10,12,14-17,26H,5-8,11,13H2,1-4H3,(H,25,29)/b10-9+,15-12+,18-14+/t17-/m1/s1. The van der Waals surface area contributed by atoms with Crippen molar-refractivity contribution in [2.45, 2.75) is 65.2 Å². The molecule has 2 N–H and O–H groups in total. The number of aromatic hydroxyl groups is 1. The maximum atomic E-state index is 12.6. The number of hydrogen-bond acceptors (Lipinski definition) is 6. The maximum absolute atomic E-state index is 12.6. The molecule has 1 aromatic heterocycles. The average molecular weight is 432 g/mol. The Bertz CT molecular complexity index is 879. The van der Waals surface area contributed by atoms with E-state index < -0.39 is 17.5 Å². The van der Waals surface area contributed by atoms with Crippen LogP contribution in [-0.4, -0.2) is 24.1 Å². The van der Waals surface area contributed by atoms with Crippen LogP contribution in [0.2, 0.25) is 0 Å². The zero-order valence-corrected chi connectivity index (χ0v) is 18.8. The van der Waals surface area contributed by atoms with Crippen molar-refractivity contribution in [3.05, 3.63) is 63.9 Å². The average Bonchev–Trinajstić information content (AvgIpc) is 2.74. The predicted molar refractivity (Wildman–Crippen MR) is 120 cm³/mol. The van der Waals surface area contributed by atoms with Crippen molar-refractivity contribution in [1.82, 2.24) is 5.32 Å². The minimum Gasteiger partial charge on any atom is -0.507 e. The third-order valence-corrected chi connectivity index (χ3v) is 4.75. The first-order valence-corrected chi connectivity index (χ1v) is 10.6. The second-order valence-corrected chi connectivity index (χ2v) is 7.32. The number of carbonyl (C=O) groups is 2. The van der Waals surface area contributed by atoms with Crippen LogP contribution in [0.15, 0.2) is 51.4 Å². The molecule has 0 unspecified atom stereocenters. The van der Waals surface area contributed by atoms with Crippen LogP contribution in [0.3, 0.4) is 0 Å². The summed E-state index contributed by atoms with van der Waals surface area (Å²) in [6.45, 7) is 5.58. The molecule has 1 atom stereocenters. The summed E-state index contributed by atoms with van der Waals surface area (Å²) in [7, 11) is 1.27. The molecular weight excluding hydrogens is 398 g/mol. The van der Waals surface area contributed by atoms with Crippen molar-refractivity contribution in [3.8, 4) is 5.75 Å². The Morgan fingerprint density at radius 2 is 2.00 bits per heavy atom. The van der Waals surface area contributed by atoms with Gasteiger partial charge in [-0.25, -0.2) is 9.59 Å². The first kappa shape index (κ1) is 25.9. The number of unbranched alkanes of at least 4 members (excludes halogenated alkanes) is 3. The molecule has 1 amide bonds. The summed E-state index contributed by atoms with van der Waals surface area (Å²) in [5, 5.41) is 12.7. The van der Waals surface area contributed by atoms with Crippen LogP contribution in [0, 0.1) is 0 Å². The smallest absolute Gasteiger partial charge is 0.410 e. The molecule has 0 radical (unpaired) electrons. The summed E-state index contributed by atoms with van der Waals surface area (Å²) in [5.41, 5.74) is -0.862. The summed E-state index contributed by atoms with van der Waals surface area (Å²) in [5.74, 6) is -0.815. The van der Waals surface area contributed by atoms with Crippen LogP contribution in [0.5, 0.6) is 5.75 Å². The monoisotopic (exact) mass is 431 g/mol. The highest BCUT2D eigenvalue weighted by molar-refractivity contribution is 6.09. The molecule has 1 aromatic rings. The van der Waals surface area contributed by atoms with Crippen molar-refractivity contribution in [3.63, 3.8) is 0 Å². The van der Waals surface area contributed by atoms with Crippen molar-refractivity contribution in [2.24, 2.45) is 0 Å². The lowest BCUT2D eigenvalue weighted by atomic mass is 10.00. The van der Waals surface area contributed by atoms with Crippen molar-refractivity contribution >= 4 is 11.9 Å². The molecule has 1 heterocycles. The van der Waals surface area contributed by atoms with Gasteiger partial charge in [-0.15, -0.1) is 0 Å². The summed E-state index contributed by atoms with van der Waals surface area (Å²) in [4.78, 5) is 35.9. The molecule has 0 aliphatic carbocycles. The minimum atomic E-state index is -0.852. The van der Waals surface area contributed by atoms with Gasteiger partial charge in [0.05, 0.1) is 7.11 Å². The fourth-order valence-corrected chi connectivity index (χ4v) is 2.80. The van der Waals surface area contributed by atoms with Gasteiger partial charge in [-0.05, 0) is 38.2 Å². The largest absolute Gasteiger partial charge is 0.507 e. The van der Waals surface area contributed by atoms with Gasteiger partial charge in [0.1, 0.15) is 17.1 Å². The van der Waals surface area contributed by atoms with Gasteiger partial charge >= 0.3 is 11.7 Å². The Morgan fingerprint density at radius 3 is 2.65 bits per heavy atom. The van der Waals surface area contributed by atoms with Gasteiger partial charge in [0.2, 0.25) is 0 Å². The molecule has 0 aromatic carbocycles. The van der Waals surface area contributed by atoms with E-state index in [1.165, 1.54) is 19.4 Å². The van der Waals surface area contributed by atoms with E-state index in [4.69, 9.17) is 4.42 Å². The van der Waals surface area contributed by atoms with E-state index in [1.807, 2.05) is 13.0 Å². The van der Waals surface area contributed by atoms with Gasteiger partial charge in [-0.3, -0.25) is 10.1 Å². The summed E-state index contributed by atoms with van der Waals surface area (Å²) in [6, 6.07) is 1.32. The maximum Gasteiger partial charge on any atom is 0.410 e. The Labute approximate surface area is 183 Å². The molecule has 7 heteroatoms. The summed E-state index contributed by atoms with van der Waals surface area (Å²) in [6.07, 6.45) is 13.6. The minimum absolute atomic E-state index is 0.173. The predicted octanol–water partition coefficient (Wildman–Crippen LogP) is 5.36. The van der Waals surface area contributed by atoms with E-state index in [0.29, 0.717) is 24.2 Å². The molecule has 0 bridgehead atoms. The number of alkyl carbamates (subject to hydrolysis) is 1. The first-order chi connectivity index (χ1) is 14.8. The van der Waals surface area contributed by atoms with Crippen LogP contribution in [0.4, 0.5) is 4.79 Å². The lowest BCUT2D eigenvalue weighted by Crippen LogP contribution is -2.16. The molecule has 0 fully saturated rings. The van der Waals surface area contributed by atoms with Crippen LogP contribution in [-0.2, 0) is 4.74 Å². The van der Waals surface area contributed by atoms with Gasteiger partial charge in [-0.1, -0.05) is 51.0 Å². The van der Waals surface area contributed by atoms with E-state index in [0.717, 1.165) is 25.7 Å². The Balaban J connectivity index is 2.78. The molecule has 170 valence electrons. The summed E-state index contributed by atoms with van der Waals surface area (Å²) < 4.78 is 9.76. The fourth-order valence-electron chi connectivity index (χ4n) is 2.80. The highest BCUT2D eigenvalue weighted by Crippen LogP contribution is 2.25. The first-order valence-electron chi connectivity index (χ1n) is 10.6. The van der Waals surface area contributed by atoms with Gasteiger partial charge in [0.25, 0.3) is 0 Å².